The van der Waals surface area contributed by atoms with Crippen molar-refractivity contribution in [3.8, 4) is 28.1 Å². The summed E-state index contributed by atoms with van der Waals surface area (Å²) in [5, 5.41) is 4.83. The Morgan fingerprint density at radius 3 is 2.65 bits per heavy atom. The number of amides is 3. The first kappa shape index (κ1) is 38.7. The van der Waals surface area contributed by atoms with E-state index in [2.05, 4.69) is 64.1 Å². The fourth-order valence-electron chi connectivity index (χ4n) is 10.7. The third-order valence-corrected chi connectivity index (χ3v) is 13.7. The molecule has 15 nitrogen and oxygen atoms in total. The van der Waals surface area contributed by atoms with Gasteiger partial charge in [-0.05, 0) is 104 Å². The average molecular weight is 817 g/mol. The van der Waals surface area contributed by atoms with E-state index < -0.39 is 18.2 Å². The van der Waals surface area contributed by atoms with Gasteiger partial charge in [-0.2, -0.15) is 5.48 Å². The zero-order chi connectivity index (χ0) is 41.2. The van der Waals surface area contributed by atoms with Crippen LogP contribution in [0, 0.1) is 11.8 Å². The fourth-order valence-corrected chi connectivity index (χ4v) is 10.7. The molecule has 0 radical (unpaired) electrons. The molecule has 0 spiro atoms. The van der Waals surface area contributed by atoms with Crippen LogP contribution in [0.5, 0.6) is 5.75 Å². The van der Waals surface area contributed by atoms with Crippen molar-refractivity contribution in [1.29, 1.82) is 0 Å². The zero-order valence-corrected chi connectivity index (χ0v) is 34.5. The summed E-state index contributed by atoms with van der Waals surface area (Å²) < 4.78 is 17.0. The van der Waals surface area contributed by atoms with Crippen LogP contribution >= 0.6 is 0 Å². The van der Waals surface area contributed by atoms with Gasteiger partial charge < -0.3 is 44.1 Å². The van der Waals surface area contributed by atoms with Gasteiger partial charge in [0, 0.05) is 35.6 Å². The second-order valence-electron chi connectivity index (χ2n) is 17.3. The van der Waals surface area contributed by atoms with Crippen LogP contribution in [-0.4, -0.2) is 99.2 Å². The summed E-state index contributed by atoms with van der Waals surface area (Å²) in [7, 11) is 2.87. The zero-order valence-electron chi connectivity index (χ0n) is 34.5. The van der Waals surface area contributed by atoms with Crippen molar-refractivity contribution in [3.05, 3.63) is 65.9 Å². The molecular formula is C45H52N8O7. The Morgan fingerprint density at radius 2 is 1.83 bits per heavy atom. The number of aromatic amines is 2. The molecule has 1 unspecified atom stereocenters. The standard InChI is InChI=1S/C45H52N8O7/c1-23-16-29-10-14-35(53(29)43(54)38(23)50-45(56)57-3)41-46-20-34(48-41)26-8-11-30-28(17-26)22-60-37-19-31-25(18-32(30)37)9-12-33-40(31)49-42(47-33)36-13-7-24(2)52(36)44(55)39(51-58-4)27-6-5-15-59-21-27/h8-9,11-12,17-20,23-24,27,29,35-36,38-39,51H,5-7,10,13-16,21-22H2,1-4H3,(H,46,48)(H,47,49)(H,50,56)/t23?,24-,27-,29+,35-,36-,38-,39-/m0/s1. The van der Waals surface area contributed by atoms with Gasteiger partial charge in [0.05, 0.1) is 55.8 Å². The van der Waals surface area contributed by atoms with Gasteiger partial charge in [-0.25, -0.2) is 14.8 Å². The van der Waals surface area contributed by atoms with Crippen LogP contribution in [-0.2, 0) is 30.5 Å². The first-order valence-electron chi connectivity index (χ1n) is 21.3. The summed E-state index contributed by atoms with van der Waals surface area (Å²) in [5.74, 6) is 2.32. The van der Waals surface area contributed by atoms with E-state index in [1.54, 1.807) is 7.11 Å². The second kappa shape index (κ2) is 15.5. The summed E-state index contributed by atoms with van der Waals surface area (Å²) in [6.07, 6.45) is 7.28. The van der Waals surface area contributed by atoms with Crippen LogP contribution < -0.4 is 15.5 Å². The Kier molecular flexibility index (Phi) is 10.00. The van der Waals surface area contributed by atoms with Crippen LogP contribution in [0.25, 0.3) is 44.2 Å². The third kappa shape index (κ3) is 6.57. The topological polar surface area (TPSA) is 176 Å². The normalized spacial score (nSPS) is 26.7. The lowest BCUT2D eigenvalue weighted by molar-refractivity contribution is -0.144. The Morgan fingerprint density at radius 1 is 0.967 bits per heavy atom. The van der Waals surface area contributed by atoms with Gasteiger partial charge in [-0.1, -0.05) is 25.1 Å². The highest BCUT2D eigenvalue weighted by atomic mass is 16.6. The molecule has 10 rings (SSSR count). The number of imidazole rings is 2. The van der Waals surface area contributed by atoms with E-state index in [0.29, 0.717) is 13.2 Å². The minimum absolute atomic E-state index is 0.0134. The highest BCUT2D eigenvalue weighted by Gasteiger charge is 2.48. The number of hydrogen-bond donors (Lipinski definition) is 4. The maximum Gasteiger partial charge on any atom is 0.407 e. The predicted molar refractivity (Wildman–Crippen MR) is 222 cm³/mol. The Hall–Kier alpha value is -5.51. The van der Waals surface area contributed by atoms with Crippen molar-refractivity contribution in [3.63, 3.8) is 0 Å². The van der Waals surface area contributed by atoms with Crippen LogP contribution in [0.1, 0.15) is 88.1 Å². The van der Waals surface area contributed by atoms with Crippen molar-refractivity contribution in [1.82, 2.24) is 40.5 Å². The van der Waals surface area contributed by atoms with Crippen LogP contribution in [0.4, 0.5) is 4.79 Å². The molecule has 4 N–H and O–H groups in total. The lowest BCUT2D eigenvalue weighted by atomic mass is 9.88. The molecule has 0 saturated carbocycles. The molecule has 7 heterocycles. The molecule has 0 bridgehead atoms. The summed E-state index contributed by atoms with van der Waals surface area (Å²) in [5.41, 5.74) is 9.83. The first-order valence-corrected chi connectivity index (χ1v) is 21.3. The smallest absolute Gasteiger partial charge is 0.407 e. The number of ether oxygens (including phenoxy) is 3. The van der Waals surface area contributed by atoms with E-state index >= 15 is 0 Å². The average Bonchev–Trinajstić information content (AvgIpc) is 4.09. The van der Waals surface area contributed by atoms with E-state index in [-0.39, 0.29) is 47.8 Å². The molecule has 15 heteroatoms. The highest BCUT2D eigenvalue weighted by Crippen LogP contribution is 2.45. The quantitative estimate of drug-likeness (QED) is 0.127. The summed E-state index contributed by atoms with van der Waals surface area (Å²) in [6, 6.07) is 13.5. The predicted octanol–water partition coefficient (Wildman–Crippen LogP) is 6.46. The minimum Gasteiger partial charge on any atom is -0.488 e. The lowest BCUT2D eigenvalue weighted by Gasteiger charge is -2.41. The number of nitrogens with zero attached hydrogens (tertiary/aromatic N) is 4. The number of alkyl carbamates (subject to hydrolysis) is 1. The molecule has 60 heavy (non-hydrogen) atoms. The van der Waals surface area contributed by atoms with Crippen molar-refractivity contribution in [2.75, 3.05) is 27.4 Å². The number of piperidine rings is 1. The molecule has 2 aromatic heterocycles. The Bertz CT molecular complexity index is 2480. The number of aromatic nitrogens is 4. The third-order valence-electron chi connectivity index (χ3n) is 13.7. The van der Waals surface area contributed by atoms with Crippen molar-refractivity contribution < 1.29 is 33.4 Å². The summed E-state index contributed by atoms with van der Waals surface area (Å²) in [6.45, 7) is 5.78. The van der Waals surface area contributed by atoms with E-state index in [1.807, 2.05) is 29.0 Å². The number of carbonyl (C=O) groups is 3. The van der Waals surface area contributed by atoms with Crippen molar-refractivity contribution in [2.24, 2.45) is 11.8 Å². The van der Waals surface area contributed by atoms with E-state index in [1.165, 1.54) is 7.11 Å². The van der Waals surface area contributed by atoms with Crippen molar-refractivity contribution >= 4 is 39.7 Å². The SMILES string of the molecule is CON[C@H](C(=O)N1[C@@H](C)CC[C@H]1c1nc2ccc3cc4c(cc3c2[nH]1)OCc1cc(-c2cnc([C@@H]3CC[C@@H]5CC(C)[C@H](NC(=O)OC)C(=O)N53)[nH]2)ccc1-4)[C@H]1CCCOC1. The summed E-state index contributed by atoms with van der Waals surface area (Å²) in [4.78, 5) is 66.2. The van der Waals surface area contributed by atoms with E-state index in [0.717, 1.165) is 119 Å². The summed E-state index contributed by atoms with van der Waals surface area (Å²) >= 11 is 0. The number of likely N-dealkylation sites (tertiary alicyclic amines) is 1. The lowest BCUT2D eigenvalue weighted by Crippen LogP contribution is -2.58. The van der Waals surface area contributed by atoms with Gasteiger partial charge in [-0.3, -0.25) is 9.59 Å². The molecule has 4 fully saturated rings. The highest BCUT2D eigenvalue weighted by molar-refractivity contribution is 6.07. The number of H-pyrrole nitrogens is 2. The fraction of sp³-hybridized carbons (Fsp3) is 0.489. The van der Waals surface area contributed by atoms with Gasteiger partial charge in [0.1, 0.15) is 36.1 Å². The van der Waals surface area contributed by atoms with E-state index in [9.17, 15) is 14.4 Å². The molecule has 5 aliphatic heterocycles. The number of carbonyl (C=O) groups excluding carboxylic acids is 3. The van der Waals surface area contributed by atoms with E-state index in [4.69, 9.17) is 29.0 Å². The molecule has 0 aliphatic carbocycles. The number of nitrogens with one attached hydrogen (secondary N) is 4. The molecule has 3 aromatic carbocycles. The van der Waals surface area contributed by atoms with Gasteiger partial charge in [0.25, 0.3) is 0 Å². The molecular weight excluding hydrogens is 765 g/mol. The molecule has 314 valence electrons. The van der Waals surface area contributed by atoms with Gasteiger partial charge >= 0.3 is 6.09 Å². The number of fused-ring (bicyclic) bond motifs is 7. The van der Waals surface area contributed by atoms with Crippen LogP contribution in [0.3, 0.4) is 0 Å². The molecule has 5 aliphatic rings. The van der Waals surface area contributed by atoms with Crippen LogP contribution in [0.2, 0.25) is 0 Å². The molecule has 3 amide bonds. The monoisotopic (exact) mass is 816 g/mol. The van der Waals surface area contributed by atoms with Gasteiger partial charge in [0.15, 0.2) is 0 Å². The van der Waals surface area contributed by atoms with Gasteiger partial charge in [-0.15, -0.1) is 0 Å². The number of rotatable bonds is 8. The second-order valence-corrected chi connectivity index (χ2v) is 17.3. The van der Waals surface area contributed by atoms with Crippen molar-refractivity contribution in [2.45, 2.75) is 102 Å². The first-order chi connectivity index (χ1) is 29.2. The Balaban J connectivity index is 0.899. The largest absolute Gasteiger partial charge is 0.488 e. The maximum absolute atomic E-state index is 14.2. The van der Waals surface area contributed by atoms with Crippen LogP contribution in [0.15, 0.2) is 48.7 Å². The molecule has 8 atom stereocenters. The Labute approximate surface area is 347 Å². The number of hydroxylamine groups is 1. The molecule has 5 aromatic rings. The number of methoxy groups -OCH3 is 1. The van der Waals surface area contributed by atoms with Gasteiger partial charge in [0.2, 0.25) is 11.8 Å². The number of hydrogen-bond acceptors (Lipinski definition) is 10. The minimum atomic E-state index is -0.629. The maximum atomic E-state index is 14.2. The number of benzene rings is 3. The molecule has 4 saturated heterocycles.